The Morgan fingerprint density at radius 2 is 2.14 bits per heavy atom. The molecule has 0 bridgehead atoms. The van der Waals surface area contributed by atoms with Crippen LogP contribution < -0.4 is 0 Å². The Morgan fingerprint density at radius 1 is 1.24 bits per heavy atom. The summed E-state index contributed by atoms with van der Waals surface area (Å²) in [6.07, 6.45) is 6.03. The summed E-state index contributed by atoms with van der Waals surface area (Å²) in [7, 11) is 0. The minimum absolute atomic E-state index is 0.579. The molecule has 0 amide bonds. The van der Waals surface area contributed by atoms with Gasteiger partial charge in [-0.25, -0.2) is 0 Å². The average molecular weight is 277 g/mol. The summed E-state index contributed by atoms with van der Waals surface area (Å²) < 4.78 is 1.79. The molecule has 0 fully saturated rings. The summed E-state index contributed by atoms with van der Waals surface area (Å²) in [4.78, 5) is 15.3. The van der Waals surface area contributed by atoms with Crippen molar-refractivity contribution in [3.8, 4) is 11.3 Å². The lowest BCUT2D eigenvalue weighted by atomic mass is 10.1. The van der Waals surface area contributed by atoms with E-state index in [9.17, 15) is 4.79 Å². The van der Waals surface area contributed by atoms with Gasteiger partial charge in [0.1, 0.15) is 5.69 Å². The van der Waals surface area contributed by atoms with E-state index in [1.54, 1.807) is 23.3 Å². The van der Waals surface area contributed by atoms with Crippen molar-refractivity contribution in [3.63, 3.8) is 0 Å². The lowest BCUT2D eigenvalue weighted by Crippen LogP contribution is -2.00. The highest BCUT2D eigenvalue weighted by atomic mass is 16.1. The van der Waals surface area contributed by atoms with E-state index < -0.39 is 0 Å². The Hall–Kier alpha value is -2.75. The molecule has 3 rings (SSSR count). The number of hydrogen-bond acceptors (Lipinski definition) is 3. The highest BCUT2D eigenvalue weighted by Crippen LogP contribution is 2.20. The van der Waals surface area contributed by atoms with Crippen molar-refractivity contribution in [2.24, 2.45) is 0 Å². The van der Waals surface area contributed by atoms with Gasteiger partial charge in [-0.1, -0.05) is 29.8 Å². The van der Waals surface area contributed by atoms with Gasteiger partial charge in [-0.15, -0.1) is 0 Å². The van der Waals surface area contributed by atoms with Gasteiger partial charge in [0.25, 0.3) is 0 Å². The fraction of sp³-hybridized carbons (Fsp3) is 0.118. The maximum Gasteiger partial charge on any atom is 0.153 e. The number of aromatic nitrogens is 3. The van der Waals surface area contributed by atoms with Crippen molar-refractivity contribution in [3.05, 3.63) is 71.7 Å². The van der Waals surface area contributed by atoms with Crippen LogP contribution in [0, 0.1) is 6.92 Å². The standard InChI is InChI=1S/C17H15N3O/c1-13-4-2-5-14(8-13)10-20-11-16(12-21)17(19-20)15-6-3-7-18-9-15/h2-9,11-12H,10H2,1H3. The van der Waals surface area contributed by atoms with Crippen LogP contribution in [0.15, 0.2) is 55.0 Å². The summed E-state index contributed by atoms with van der Waals surface area (Å²) in [6.45, 7) is 2.70. The van der Waals surface area contributed by atoms with Gasteiger partial charge in [0.15, 0.2) is 6.29 Å². The fourth-order valence-corrected chi connectivity index (χ4v) is 2.33. The molecule has 4 nitrogen and oxygen atoms in total. The predicted octanol–water partition coefficient (Wildman–Crippen LogP) is 3.11. The predicted molar refractivity (Wildman–Crippen MR) is 81.1 cm³/mol. The minimum atomic E-state index is 0.579. The summed E-state index contributed by atoms with van der Waals surface area (Å²) >= 11 is 0. The second-order valence-corrected chi connectivity index (χ2v) is 4.98. The zero-order valence-corrected chi connectivity index (χ0v) is 11.7. The van der Waals surface area contributed by atoms with Gasteiger partial charge in [0.2, 0.25) is 0 Å². The highest BCUT2D eigenvalue weighted by molar-refractivity contribution is 5.85. The lowest BCUT2D eigenvalue weighted by Gasteiger charge is -2.03. The molecule has 0 N–H and O–H groups in total. The van der Waals surface area contributed by atoms with E-state index in [1.165, 1.54) is 5.56 Å². The summed E-state index contributed by atoms with van der Waals surface area (Å²) in [5.74, 6) is 0. The summed E-state index contributed by atoms with van der Waals surface area (Å²) in [6, 6.07) is 12.0. The molecule has 104 valence electrons. The van der Waals surface area contributed by atoms with Crippen LogP contribution in [0.1, 0.15) is 21.5 Å². The van der Waals surface area contributed by atoms with Gasteiger partial charge in [0.05, 0.1) is 12.1 Å². The van der Waals surface area contributed by atoms with Crippen LogP contribution >= 0.6 is 0 Å². The minimum Gasteiger partial charge on any atom is -0.298 e. The molecule has 2 heterocycles. The van der Waals surface area contributed by atoms with Crippen LogP contribution in [-0.4, -0.2) is 21.1 Å². The lowest BCUT2D eigenvalue weighted by molar-refractivity contribution is 0.112. The second-order valence-electron chi connectivity index (χ2n) is 4.98. The molecule has 0 aliphatic carbocycles. The number of carbonyl (C=O) groups is 1. The van der Waals surface area contributed by atoms with E-state index in [0.717, 1.165) is 17.4 Å². The zero-order chi connectivity index (χ0) is 14.7. The molecule has 21 heavy (non-hydrogen) atoms. The first-order valence-electron chi connectivity index (χ1n) is 6.75. The number of aryl methyl sites for hydroxylation is 1. The quantitative estimate of drug-likeness (QED) is 0.688. The number of carbonyl (C=O) groups excluding carboxylic acids is 1. The maximum atomic E-state index is 11.2. The topological polar surface area (TPSA) is 47.8 Å². The monoisotopic (exact) mass is 277 g/mol. The van der Waals surface area contributed by atoms with Crippen molar-refractivity contribution in [2.45, 2.75) is 13.5 Å². The molecule has 3 aromatic rings. The number of nitrogens with zero attached hydrogens (tertiary/aromatic N) is 3. The van der Waals surface area contributed by atoms with Gasteiger partial charge < -0.3 is 0 Å². The van der Waals surface area contributed by atoms with Gasteiger partial charge in [-0.3, -0.25) is 14.5 Å². The molecule has 0 atom stereocenters. The van der Waals surface area contributed by atoms with Crippen LogP contribution in [-0.2, 0) is 6.54 Å². The van der Waals surface area contributed by atoms with E-state index in [0.29, 0.717) is 17.8 Å². The van der Waals surface area contributed by atoms with Gasteiger partial charge >= 0.3 is 0 Å². The fourth-order valence-electron chi connectivity index (χ4n) is 2.33. The summed E-state index contributed by atoms with van der Waals surface area (Å²) in [5, 5.41) is 4.52. The molecular formula is C17H15N3O. The third-order valence-electron chi connectivity index (χ3n) is 3.28. The molecule has 1 aromatic carbocycles. The number of benzene rings is 1. The number of aldehydes is 1. The number of pyridine rings is 1. The normalized spacial score (nSPS) is 10.5. The molecule has 0 aliphatic heterocycles. The molecular weight excluding hydrogens is 262 g/mol. The van der Waals surface area contributed by atoms with Gasteiger partial charge in [-0.2, -0.15) is 5.10 Å². The van der Waals surface area contributed by atoms with Crippen LogP contribution in [0.2, 0.25) is 0 Å². The van der Waals surface area contributed by atoms with Crippen molar-refractivity contribution in [1.29, 1.82) is 0 Å². The van der Waals surface area contributed by atoms with Gasteiger partial charge in [-0.05, 0) is 24.6 Å². The molecule has 0 spiro atoms. The Kier molecular flexibility index (Phi) is 3.60. The van der Waals surface area contributed by atoms with Crippen LogP contribution in [0.3, 0.4) is 0 Å². The van der Waals surface area contributed by atoms with E-state index in [2.05, 4.69) is 35.2 Å². The Morgan fingerprint density at radius 3 is 2.86 bits per heavy atom. The Balaban J connectivity index is 1.95. The molecule has 0 unspecified atom stereocenters. The Bertz CT molecular complexity index is 763. The Labute approximate surface area is 123 Å². The molecule has 0 aliphatic rings. The number of rotatable bonds is 4. The molecule has 0 radical (unpaired) electrons. The average Bonchev–Trinajstić information content (AvgIpc) is 2.91. The first-order valence-corrected chi connectivity index (χ1v) is 6.75. The summed E-state index contributed by atoms with van der Waals surface area (Å²) in [5.41, 5.74) is 4.47. The van der Waals surface area contributed by atoms with Gasteiger partial charge in [0, 0.05) is 24.2 Å². The maximum absolute atomic E-state index is 11.2. The SMILES string of the molecule is Cc1cccc(Cn2cc(C=O)c(-c3cccnc3)n2)c1. The van der Waals surface area contributed by atoms with Crippen molar-refractivity contribution in [2.75, 3.05) is 0 Å². The number of hydrogen-bond donors (Lipinski definition) is 0. The molecule has 2 aromatic heterocycles. The van der Waals surface area contributed by atoms with E-state index in [-0.39, 0.29) is 0 Å². The zero-order valence-electron chi connectivity index (χ0n) is 11.7. The second kappa shape index (κ2) is 5.71. The largest absolute Gasteiger partial charge is 0.298 e. The smallest absolute Gasteiger partial charge is 0.153 e. The van der Waals surface area contributed by atoms with Crippen molar-refractivity contribution in [1.82, 2.24) is 14.8 Å². The molecule has 0 saturated heterocycles. The van der Waals surface area contributed by atoms with Crippen LogP contribution in [0.4, 0.5) is 0 Å². The van der Waals surface area contributed by atoms with E-state index in [1.807, 2.05) is 18.2 Å². The highest BCUT2D eigenvalue weighted by Gasteiger charge is 2.10. The third-order valence-corrected chi connectivity index (χ3v) is 3.28. The first kappa shape index (κ1) is 13.2. The van der Waals surface area contributed by atoms with Crippen LogP contribution in [0.5, 0.6) is 0 Å². The third kappa shape index (κ3) is 2.89. The first-order chi connectivity index (χ1) is 10.3. The molecule has 4 heteroatoms. The van der Waals surface area contributed by atoms with E-state index >= 15 is 0 Å². The van der Waals surface area contributed by atoms with Crippen molar-refractivity contribution >= 4 is 6.29 Å². The van der Waals surface area contributed by atoms with Crippen molar-refractivity contribution < 1.29 is 4.79 Å². The van der Waals surface area contributed by atoms with E-state index in [4.69, 9.17) is 0 Å². The van der Waals surface area contributed by atoms with Crippen LogP contribution in [0.25, 0.3) is 11.3 Å². The molecule has 0 saturated carbocycles.